The summed E-state index contributed by atoms with van der Waals surface area (Å²) in [7, 11) is 1.94. The molecule has 2 unspecified atom stereocenters. The zero-order valence-corrected chi connectivity index (χ0v) is 11.0. The summed E-state index contributed by atoms with van der Waals surface area (Å²) in [6.07, 6.45) is 0.485. The molecule has 16 heavy (non-hydrogen) atoms. The van der Waals surface area contributed by atoms with E-state index in [1.807, 2.05) is 7.05 Å². The Morgan fingerprint density at radius 1 is 1.44 bits per heavy atom. The van der Waals surface area contributed by atoms with Crippen molar-refractivity contribution in [2.75, 3.05) is 39.9 Å². The molecule has 0 radical (unpaired) electrons. The number of morpholine rings is 1. The van der Waals surface area contributed by atoms with E-state index in [4.69, 9.17) is 9.47 Å². The van der Waals surface area contributed by atoms with Gasteiger partial charge in [-0.2, -0.15) is 0 Å². The Labute approximate surface area is 99.3 Å². The van der Waals surface area contributed by atoms with Gasteiger partial charge in [-0.1, -0.05) is 0 Å². The molecule has 1 fully saturated rings. The summed E-state index contributed by atoms with van der Waals surface area (Å²) in [4.78, 5) is 2.44. The molecule has 0 aromatic heterocycles. The predicted octanol–water partition coefficient (Wildman–Crippen LogP) is 0.720. The molecule has 4 heteroatoms. The average Bonchev–Trinajstić information content (AvgIpc) is 2.27. The number of nitrogens with one attached hydrogen (secondary N) is 1. The molecule has 1 N–H and O–H groups in total. The van der Waals surface area contributed by atoms with E-state index in [1.165, 1.54) is 0 Å². The largest absolute Gasteiger partial charge is 0.374 e. The van der Waals surface area contributed by atoms with E-state index in [-0.39, 0.29) is 12.2 Å². The van der Waals surface area contributed by atoms with E-state index in [2.05, 4.69) is 31.0 Å². The van der Waals surface area contributed by atoms with Gasteiger partial charge in [0.15, 0.2) is 0 Å². The van der Waals surface area contributed by atoms with Crippen LogP contribution in [0.15, 0.2) is 0 Å². The Morgan fingerprint density at radius 3 is 2.81 bits per heavy atom. The number of ether oxygens (including phenoxy) is 2. The van der Waals surface area contributed by atoms with E-state index in [9.17, 15) is 0 Å². The van der Waals surface area contributed by atoms with Crippen LogP contribution >= 0.6 is 0 Å². The Morgan fingerprint density at radius 2 is 2.19 bits per heavy atom. The van der Waals surface area contributed by atoms with Gasteiger partial charge in [0.05, 0.1) is 25.4 Å². The van der Waals surface area contributed by atoms with Crippen molar-refractivity contribution < 1.29 is 9.47 Å². The van der Waals surface area contributed by atoms with Crippen molar-refractivity contribution in [3.63, 3.8) is 0 Å². The fraction of sp³-hybridized carbons (Fsp3) is 1.00. The second-order valence-corrected chi connectivity index (χ2v) is 4.78. The zero-order valence-electron chi connectivity index (χ0n) is 11.0. The van der Waals surface area contributed by atoms with Crippen molar-refractivity contribution in [1.29, 1.82) is 0 Å². The zero-order chi connectivity index (χ0) is 12.0. The molecule has 0 saturated carbocycles. The molecule has 1 saturated heterocycles. The molecule has 96 valence electrons. The van der Waals surface area contributed by atoms with Crippen molar-refractivity contribution in [2.24, 2.45) is 0 Å². The van der Waals surface area contributed by atoms with Gasteiger partial charge >= 0.3 is 0 Å². The quantitative estimate of drug-likeness (QED) is 0.729. The molecule has 0 amide bonds. The van der Waals surface area contributed by atoms with Crippen LogP contribution in [0.3, 0.4) is 0 Å². The van der Waals surface area contributed by atoms with Crippen molar-refractivity contribution in [2.45, 2.75) is 39.0 Å². The fourth-order valence-electron chi connectivity index (χ4n) is 1.93. The first-order chi connectivity index (χ1) is 7.63. The highest BCUT2D eigenvalue weighted by molar-refractivity contribution is 4.74. The summed E-state index contributed by atoms with van der Waals surface area (Å²) in [6.45, 7) is 11.0. The van der Waals surface area contributed by atoms with Gasteiger partial charge in [0.2, 0.25) is 0 Å². The van der Waals surface area contributed by atoms with Crippen LogP contribution in [0.1, 0.15) is 20.8 Å². The summed E-state index contributed by atoms with van der Waals surface area (Å²) >= 11 is 0. The molecule has 4 nitrogen and oxygen atoms in total. The van der Waals surface area contributed by atoms with Crippen molar-refractivity contribution in [3.8, 4) is 0 Å². The number of likely N-dealkylation sites (N-methyl/N-ethyl adjacent to an activating group) is 1. The van der Waals surface area contributed by atoms with Gasteiger partial charge in [-0.3, -0.25) is 4.90 Å². The lowest BCUT2D eigenvalue weighted by molar-refractivity contribution is -0.0873. The molecular weight excluding hydrogens is 204 g/mol. The van der Waals surface area contributed by atoms with Crippen LogP contribution in [0.5, 0.6) is 0 Å². The smallest absolute Gasteiger partial charge is 0.0935 e. The lowest BCUT2D eigenvalue weighted by Gasteiger charge is -2.35. The average molecular weight is 230 g/mol. The van der Waals surface area contributed by atoms with Crippen LogP contribution in [0.4, 0.5) is 0 Å². The normalized spacial score (nSPS) is 24.9. The Bertz CT molecular complexity index is 188. The second kappa shape index (κ2) is 7.22. The number of hydrogen-bond acceptors (Lipinski definition) is 4. The van der Waals surface area contributed by atoms with E-state index < -0.39 is 0 Å². The third kappa shape index (κ3) is 4.78. The molecule has 0 aliphatic carbocycles. The number of hydrogen-bond donors (Lipinski definition) is 1. The summed E-state index contributed by atoms with van der Waals surface area (Å²) in [5.41, 5.74) is 0. The van der Waals surface area contributed by atoms with Gasteiger partial charge in [-0.05, 0) is 27.8 Å². The fourth-order valence-corrected chi connectivity index (χ4v) is 1.93. The van der Waals surface area contributed by atoms with Gasteiger partial charge < -0.3 is 14.8 Å². The van der Waals surface area contributed by atoms with Crippen molar-refractivity contribution in [1.82, 2.24) is 10.2 Å². The lowest BCUT2D eigenvalue weighted by Crippen LogP contribution is -2.47. The maximum Gasteiger partial charge on any atom is 0.0935 e. The van der Waals surface area contributed by atoms with Crippen molar-refractivity contribution >= 4 is 0 Å². The van der Waals surface area contributed by atoms with Gasteiger partial charge in [0.25, 0.3) is 0 Å². The third-order valence-corrected chi connectivity index (χ3v) is 2.96. The SMILES string of the molecule is CNCC(C)OCC1CN(C(C)C)CCO1. The van der Waals surface area contributed by atoms with Gasteiger partial charge in [-0.15, -0.1) is 0 Å². The Kier molecular flexibility index (Phi) is 6.28. The monoisotopic (exact) mass is 230 g/mol. The molecule has 2 atom stereocenters. The van der Waals surface area contributed by atoms with Crippen LogP contribution in [0, 0.1) is 0 Å². The maximum absolute atomic E-state index is 5.74. The Hall–Kier alpha value is -0.160. The van der Waals surface area contributed by atoms with Gasteiger partial charge in [-0.25, -0.2) is 0 Å². The first-order valence-electron chi connectivity index (χ1n) is 6.25. The minimum absolute atomic E-state index is 0.232. The topological polar surface area (TPSA) is 33.7 Å². The maximum atomic E-state index is 5.74. The number of nitrogens with zero attached hydrogens (tertiary/aromatic N) is 1. The molecule has 0 bridgehead atoms. The molecule has 0 aromatic carbocycles. The van der Waals surface area contributed by atoms with E-state index in [0.29, 0.717) is 12.6 Å². The van der Waals surface area contributed by atoms with E-state index in [1.54, 1.807) is 0 Å². The standard InChI is InChI=1S/C12H26N2O2/c1-10(2)14-5-6-15-12(8-14)9-16-11(3)7-13-4/h10-13H,5-9H2,1-4H3. The molecule has 0 spiro atoms. The highest BCUT2D eigenvalue weighted by Crippen LogP contribution is 2.09. The third-order valence-electron chi connectivity index (χ3n) is 2.96. The molecular formula is C12H26N2O2. The minimum atomic E-state index is 0.232. The first-order valence-corrected chi connectivity index (χ1v) is 6.25. The van der Waals surface area contributed by atoms with E-state index in [0.717, 1.165) is 26.2 Å². The van der Waals surface area contributed by atoms with Crippen LogP contribution in [-0.2, 0) is 9.47 Å². The second-order valence-electron chi connectivity index (χ2n) is 4.78. The summed E-state index contributed by atoms with van der Waals surface area (Å²) in [6, 6.07) is 0.598. The van der Waals surface area contributed by atoms with Crippen LogP contribution < -0.4 is 5.32 Å². The highest BCUT2D eigenvalue weighted by atomic mass is 16.5. The first kappa shape index (κ1) is 13.9. The molecule has 1 aliphatic rings. The van der Waals surface area contributed by atoms with Gasteiger partial charge in [0, 0.05) is 25.7 Å². The summed E-state index contributed by atoms with van der Waals surface area (Å²) < 4.78 is 11.4. The van der Waals surface area contributed by atoms with E-state index >= 15 is 0 Å². The molecule has 1 rings (SSSR count). The summed E-state index contributed by atoms with van der Waals surface area (Å²) in [5.74, 6) is 0. The number of rotatable bonds is 6. The van der Waals surface area contributed by atoms with Crippen LogP contribution in [-0.4, -0.2) is 63.0 Å². The summed E-state index contributed by atoms with van der Waals surface area (Å²) in [5, 5.41) is 3.11. The van der Waals surface area contributed by atoms with Gasteiger partial charge in [0.1, 0.15) is 0 Å². The predicted molar refractivity (Wildman–Crippen MR) is 65.8 cm³/mol. The van der Waals surface area contributed by atoms with Crippen LogP contribution in [0.2, 0.25) is 0 Å². The molecule has 1 aliphatic heterocycles. The lowest BCUT2D eigenvalue weighted by atomic mass is 10.2. The Balaban J connectivity index is 2.21. The van der Waals surface area contributed by atoms with Crippen LogP contribution in [0.25, 0.3) is 0 Å². The van der Waals surface area contributed by atoms with Crippen molar-refractivity contribution in [3.05, 3.63) is 0 Å². The molecule has 0 aromatic rings. The highest BCUT2D eigenvalue weighted by Gasteiger charge is 2.22. The molecule has 1 heterocycles. The minimum Gasteiger partial charge on any atom is -0.374 e.